The molecule has 1 aliphatic heterocycles. The van der Waals surface area contributed by atoms with E-state index in [-0.39, 0.29) is 18.3 Å². The van der Waals surface area contributed by atoms with Crippen LogP contribution in [0.3, 0.4) is 0 Å². The molecule has 2 rings (SSSR count). The summed E-state index contributed by atoms with van der Waals surface area (Å²) in [7, 11) is 1.74. The predicted octanol–water partition coefficient (Wildman–Crippen LogP) is 0.842. The maximum atomic E-state index is 10.6. The first-order valence-electron chi connectivity index (χ1n) is 4.95. The van der Waals surface area contributed by atoms with Crippen molar-refractivity contribution in [3.05, 3.63) is 23.8 Å². The van der Waals surface area contributed by atoms with Crippen molar-refractivity contribution >= 4 is 5.97 Å². The van der Waals surface area contributed by atoms with Gasteiger partial charge in [0.05, 0.1) is 12.6 Å². The number of rotatable bonds is 3. The normalized spacial score (nSPS) is 18.2. The van der Waals surface area contributed by atoms with Crippen LogP contribution in [-0.4, -0.2) is 41.3 Å². The van der Waals surface area contributed by atoms with Gasteiger partial charge in [-0.05, 0) is 19.2 Å². The monoisotopic (exact) mass is 223 g/mol. The number of ether oxygens (including phenoxy) is 1. The summed E-state index contributed by atoms with van der Waals surface area (Å²) in [5.74, 6) is -0.0859. The van der Waals surface area contributed by atoms with Crippen LogP contribution in [0.25, 0.3) is 0 Å². The first-order valence-corrected chi connectivity index (χ1v) is 4.95. The van der Waals surface area contributed by atoms with Gasteiger partial charge < -0.3 is 14.9 Å². The molecule has 16 heavy (non-hydrogen) atoms. The molecule has 1 atom stereocenters. The molecule has 1 unspecified atom stereocenters. The van der Waals surface area contributed by atoms with E-state index in [2.05, 4.69) is 0 Å². The van der Waals surface area contributed by atoms with Crippen LogP contribution in [0, 0.1) is 0 Å². The average molecular weight is 223 g/mol. The van der Waals surface area contributed by atoms with E-state index >= 15 is 0 Å². The van der Waals surface area contributed by atoms with Crippen LogP contribution >= 0.6 is 0 Å². The van der Waals surface area contributed by atoms with Gasteiger partial charge in [0, 0.05) is 11.6 Å². The highest BCUT2D eigenvalue weighted by Gasteiger charge is 2.28. The molecular weight excluding hydrogens is 210 g/mol. The van der Waals surface area contributed by atoms with Crippen LogP contribution in [-0.2, 0) is 4.79 Å². The lowest BCUT2D eigenvalue weighted by atomic mass is 10.1. The van der Waals surface area contributed by atoms with Crippen LogP contribution in [0.15, 0.2) is 18.2 Å². The van der Waals surface area contributed by atoms with E-state index in [1.807, 2.05) is 0 Å². The summed E-state index contributed by atoms with van der Waals surface area (Å²) in [6.07, 6.45) is 0. The van der Waals surface area contributed by atoms with Gasteiger partial charge in [0.25, 0.3) is 0 Å². The smallest absolute Gasteiger partial charge is 0.317 e. The minimum absolute atomic E-state index is 0.0334. The van der Waals surface area contributed by atoms with E-state index < -0.39 is 5.97 Å². The first-order chi connectivity index (χ1) is 7.58. The van der Waals surface area contributed by atoms with Crippen molar-refractivity contribution in [2.75, 3.05) is 20.2 Å². The predicted molar refractivity (Wildman–Crippen MR) is 56.6 cm³/mol. The number of carboxylic acid groups (broad SMARTS) is 1. The average Bonchev–Trinajstić information content (AvgIpc) is 2.59. The molecule has 0 aromatic heterocycles. The molecule has 0 saturated carbocycles. The van der Waals surface area contributed by atoms with Gasteiger partial charge >= 0.3 is 5.97 Å². The summed E-state index contributed by atoms with van der Waals surface area (Å²) in [5, 5.41) is 18.0. The lowest BCUT2D eigenvalue weighted by molar-refractivity contribution is -0.138. The number of benzene rings is 1. The molecule has 1 heterocycles. The number of carboxylic acids is 1. The zero-order valence-electron chi connectivity index (χ0n) is 8.88. The third-order valence-electron chi connectivity index (χ3n) is 2.67. The van der Waals surface area contributed by atoms with Gasteiger partial charge in [0.15, 0.2) is 0 Å². The molecule has 2 N–H and O–H groups in total. The molecular formula is C11H13NO4. The number of aliphatic carboxylic acids is 1. The fourth-order valence-corrected chi connectivity index (χ4v) is 1.87. The lowest BCUT2D eigenvalue weighted by Crippen LogP contribution is -2.30. The summed E-state index contributed by atoms with van der Waals surface area (Å²) in [6.45, 7) is 0.386. The maximum Gasteiger partial charge on any atom is 0.317 e. The number of fused-ring (bicyclic) bond motifs is 1. The number of likely N-dealkylation sites (N-methyl/N-ethyl adjacent to an activating group) is 1. The van der Waals surface area contributed by atoms with Crippen molar-refractivity contribution in [1.29, 1.82) is 0 Å². The molecule has 0 radical (unpaired) electrons. The lowest BCUT2D eigenvalue weighted by Gasteiger charge is -2.20. The van der Waals surface area contributed by atoms with Gasteiger partial charge in [0.1, 0.15) is 18.1 Å². The molecule has 86 valence electrons. The van der Waals surface area contributed by atoms with Gasteiger partial charge in [-0.1, -0.05) is 0 Å². The summed E-state index contributed by atoms with van der Waals surface area (Å²) in [6, 6.07) is 4.83. The van der Waals surface area contributed by atoms with Crippen LogP contribution in [0.1, 0.15) is 11.6 Å². The molecule has 5 nitrogen and oxygen atoms in total. The van der Waals surface area contributed by atoms with Gasteiger partial charge in [-0.15, -0.1) is 0 Å². The number of hydrogen-bond donors (Lipinski definition) is 2. The number of aromatic hydroxyl groups is 1. The fraction of sp³-hybridized carbons (Fsp3) is 0.364. The van der Waals surface area contributed by atoms with Crippen LogP contribution in [0.2, 0.25) is 0 Å². The van der Waals surface area contributed by atoms with Crippen molar-refractivity contribution in [1.82, 2.24) is 4.90 Å². The molecule has 0 spiro atoms. The third kappa shape index (κ3) is 1.94. The van der Waals surface area contributed by atoms with Gasteiger partial charge in [-0.2, -0.15) is 0 Å². The number of carbonyl (C=O) groups is 1. The minimum Gasteiger partial charge on any atom is -0.508 e. The van der Waals surface area contributed by atoms with E-state index in [0.717, 1.165) is 5.56 Å². The molecule has 0 fully saturated rings. The van der Waals surface area contributed by atoms with Gasteiger partial charge in [-0.25, -0.2) is 0 Å². The highest BCUT2D eigenvalue weighted by molar-refractivity contribution is 5.69. The molecule has 0 amide bonds. The highest BCUT2D eigenvalue weighted by atomic mass is 16.5. The van der Waals surface area contributed by atoms with Crippen LogP contribution < -0.4 is 4.74 Å². The van der Waals surface area contributed by atoms with E-state index in [1.165, 1.54) is 0 Å². The summed E-state index contributed by atoms with van der Waals surface area (Å²) in [4.78, 5) is 12.3. The van der Waals surface area contributed by atoms with E-state index in [0.29, 0.717) is 12.4 Å². The minimum atomic E-state index is -0.866. The van der Waals surface area contributed by atoms with Crippen molar-refractivity contribution in [3.8, 4) is 11.5 Å². The van der Waals surface area contributed by atoms with Gasteiger partial charge in [-0.3, -0.25) is 9.69 Å². The number of phenolic OH excluding ortho intramolecular Hbond substituents is 1. The molecule has 1 aromatic carbocycles. The Bertz CT molecular complexity index is 418. The van der Waals surface area contributed by atoms with Crippen LogP contribution in [0.5, 0.6) is 11.5 Å². The largest absolute Gasteiger partial charge is 0.508 e. The number of hydrogen-bond acceptors (Lipinski definition) is 4. The Morgan fingerprint density at radius 3 is 3.06 bits per heavy atom. The Balaban J connectivity index is 2.20. The van der Waals surface area contributed by atoms with Crippen molar-refractivity contribution in [2.24, 2.45) is 0 Å². The second-order valence-electron chi connectivity index (χ2n) is 3.86. The summed E-state index contributed by atoms with van der Waals surface area (Å²) in [5.41, 5.74) is 0.918. The molecule has 1 aromatic rings. The molecule has 0 bridgehead atoms. The molecule has 0 saturated heterocycles. The Labute approximate surface area is 92.9 Å². The van der Waals surface area contributed by atoms with Crippen molar-refractivity contribution in [2.45, 2.75) is 6.04 Å². The zero-order valence-corrected chi connectivity index (χ0v) is 8.88. The SMILES string of the molecule is CN(CC(=O)O)C1COc2cc(O)ccc21. The standard InChI is InChI=1S/C11H13NO4/c1-12(5-11(14)15)9-6-16-10-4-7(13)2-3-8(9)10/h2-4,9,13H,5-6H2,1H3,(H,14,15). The van der Waals surface area contributed by atoms with Gasteiger partial charge in [0.2, 0.25) is 0 Å². The molecule has 0 aliphatic carbocycles. The fourth-order valence-electron chi connectivity index (χ4n) is 1.87. The number of nitrogens with zero attached hydrogens (tertiary/aromatic N) is 1. The topological polar surface area (TPSA) is 70.0 Å². The van der Waals surface area contributed by atoms with E-state index in [9.17, 15) is 9.90 Å². The maximum absolute atomic E-state index is 10.6. The Morgan fingerprint density at radius 1 is 1.62 bits per heavy atom. The van der Waals surface area contributed by atoms with E-state index in [4.69, 9.17) is 9.84 Å². The quantitative estimate of drug-likeness (QED) is 0.794. The Hall–Kier alpha value is -1.75. The second kappa shape index (κ2) is 4.02. The van der Waals surface area contributed by atoms with E-state index in [1.54, 1.807) is 30.1 Å². The molecule has 1 aliphatic rings. The number of phenols is 1. The summed E-state index contributed by atoms with van der Waals surface area (Å²) < 4.78 is 5.40. The molecule has 5 heteroatoms. The zero-order chi connectivity index (χ0) is 11.7. The summed E-state index contributed by atoms with van der Waals surface area (Å²) >= 11 is 0. The Kier molecular flexibility index (Phi) is 2.70. The van der Waals surface area contributed by atoms with Crippen molar-refractivity contribution in [3.63, 3.8) is 0 Å². The van der Waals surface area contributed by atoms with Crippen molar-refractivity contribution < 1.29 is 19.7 Å². The first kappa shape index (κ1) is 10.8. The highest BCUT2D eigenvalue weighted by Crippen LogP contribution is 2.37. The third-order valence-corrected chi connectivity index (χ3v) is 2.67. The second-order valence-corrected chi connectivity index (χ2v) is 3.86. The Morgan fingerprint density at radius 2 is 2.38 bits per heavy atom. The van der Waals surface area contributed by atoms with Crippen LogP contribution in [0.4, 0.5) is 0 Å².